The minimum atomic E-state index is -1.43. The maximum absolute atomic E-state index is 14.5. The first-order valence-corrected chi connectivity index (χ1v) is 8.02. The molecule has 0 aliphatic carbocycles. The summed E-state index contributed by atoms with van der Waals surface area (Å²) in [5.74, 6) is -1.46. The summed E-state index contributed by atoms with van der Waals surface area (Å²) in [5.41, 5.74) is 0.539. The Labute approximate surface area is 147 Å². The third kappa shape index (κ3) is 2.63. The van der Waals surface area contributed by atoms with Crippen LogP contribution in [0.1, 0.15) is 24.3 Å². The molecule has 1 aromatic heterocycles. The number of fused-ring (bicyclic) bond motifs is 1. The van der Waals surface area contributed by atoms with Gasteiger partial charge in [-0.1, -0.05) is 29.8 Å². The highest BCUT2D eigenvalue weighted by Gasteiger charge is 2.42. The molecule has 0 saturated heterocycles. The summed E-state index contributed by atoms with van der Waals surface area (Å²) in [6, 6.07) is 11.5. The van der Waals surface area contributed by atoms with E-state index in [1.54, 1.807) is 37.4 Å². The second kappa shape index (κ2) is 5.75. The third-order valence-corrected chi connectivity index (χ3v) is 4.41. The molecule has 1 aliphatic rings. The van der Waals surface area contributed by atoms with Crippen molar-refractivity contribution in [3.05, 3.63) is 87.3 Å². The lowest BCUT2D eigenvalue weighted by atomic mass is 10.0. The Morgan fingerprint density at radius 2 is 2.08 bits per heavy atom. The molecule has 1 N–H and O–H groups in total. The quantitative estimate of drug-likeness (QED) is 0.756. The Kier molecular flexibility index (Phi) is 3.67. The standard InChI is InChI=1S/C18H14ClFN2O3/c1-18(13-7-6-11(19)10-14(13)20)24-15-5-3-2-4-12(15)16(25-18)22-9-8-21-17(22)23/h2-10,16H,1H3,(H,21,23). The molecule has 4 rings (SSSR count). The topological polar surface area (TPSA) is 56.2 Å². The first-order valence-electron chi connectivity index (χ1n) is 7.65. The zero-order valence-electron chi connectivity index (χ0n) is 13.2. The van der Waals surface area contributed by atoms with Gasteiger partial charge in [0.25, 0.3) is 0 Å². The number of nitrogens with zero attached hydrogens (tertiary/aromatic N) is 1. The highest BCUT2D eigenvalue weighted by atomic mass is 35.5. The van der Waals surface area contributed by atoms with Crippen LogP contribution in [0.5, 0.6) is 5.75 Å². The van der Waals surface area contributed by atoms with Crippen molar-refractivity contribution >= 4 is 11.6 Å². The van der Waals surface area contributed by atoms with E-state index in [4.69, 9.17) is 21.1 Å². The molecular formula is C18H14ClFN2O3. The second-order valence-corrected chi connectivity index (χ2v) is 6.29. The van der Waals surface area contributed by atoms with Gasteiger partial charge in [-0.2, -0.15) is 0 Å². The number of halogens is 2. The van der Waals surface area contributed by atoms with Gasteiger partial charge in [-0.15, -0.1) is 0 Å². The fourth-order valence-corrected chi connectivity index (χ4v) is 3.15. The number of rotatable bonds is 2. The summed E-state index contributed by atoms with van der Waals surface area (Å²) in [6.07, 6.45) is 2.33. The summed E-state index contributed by atoms with van der Waals surface area (Å²) in [4.78, 5) is 14.7. The molecule has 0 fully saturated rings. The highest BCUT2D eigenvalue weighted by molar-refractivity contribution is 6.30. The van der Waals surface area contributed by atoms with Crippen LogP contribution >= 0.6 is 11.6 Å². The molecule has 0 bridgehead atoms. The Morgan fingerprint density at radius 1 is 1.28 bits per heavy atom. The van der Waals surface area contributed by atoms with E-state index in [-0.39, 0.29) is 16.3 Å². The van der Waals surface area contributed by atoms with Gasteiger partial charge in [0.15, 0.2) is 6.23 Å². The van der Waals surface area contributed by atoms with E-state index < -0.39 is 17.8 Å². The normalized spacial score (nSPS) is 22.3. The molecule has 0 amide bonds. The van der Waals surface area contributed by atoms with Crippen molar-refractivity contribution in [2.75, 3.05) is 0 Å². The molecule has 5 nitrogen and oxygen atoms in total. The lowest BCUT2D eigenvalue weighted by Crippen LogP contribution is -2.42. The van der Waals surface area contributed by atoms with Crippen LogP contribution in [0.3, 0.4) is 0 Å². The number of hydrogen-bond acceptors (Lipinski definition) is 3. The molecule has 1 aliphatic heterocycles. The van der Waals surface area contributed by atoms with Crippen LogP contribution in [0.25, 0.3) is 0 Å². The Morgan fingerprint density at radius 3 is 2.80 bits per heavy atom. The third-order valence-electron chi connectivity index (χ3n) is 4.18. The zero-order valence-corrected chi connectivity index (χ0v) is 14.0. The lowest BCUT2D eigenvalue weighted by Gasteiger charge is -2.40. The van der Waals surface area contributed by atoms with Crippen molar-refractivity contribution < 1.29 is 13.9 Å². The predicted octanol–water partition coefficient (Wildman–Crippen LogP) is 3.80. The summed E-state index contributed by atoms with van der Waals surface area (Å²) >= 11 is 5.84. The monoisotopic (exact) mass is 360 g/mol. The number of ether oxygens (including phenoxy) is 2. The van der Waals surface area contributed by atoms with E-state index in [0.29, 0.717) is 11.3 Å². The molecule has 2 unspecified atom stereocenters. The van der Waals surface area contributed by atoms with Crippen LogP contribution in [-0.2, 0) is 10.5 Å². The van der Waals surface area contributed by atoms with Crippen molar-refractivity contribution in [3.63, 3.8) is 0 Å². The van der Waals surface area contributed by atoms with Crippen molar-refractivity contribution in [1.82, 2.24) is 9.55 Å². The van der Waals surface area contributed by atoms with Gasteiger partial charge < -0.3 is 14.5 Å². The van der Waals surface area contributed by atoms with Crippen LogP contribution < -0.4 is 10.4 Å². The molecule has 0 radical (unpaired) electrons. The number of nitrogens with one attached hydrogen (secondary N) is 1. The molecule has 3 aromatic rings. The molecule has 25 heavy (non-hydrogen) atoms. The van der Waals surface area contributed by atoms with Crippen LogP contribution in [-0.4, -0.2) is 9.55 Å². The van der Waals surface area contributed by atoms with E-state index in [1.165, 1.54) is 22.9 Å². The molecule has 0 spiro atoms. The smallest absolute Gasteiger partial charge is 0.327 e. The number of benzene rings is 2. The van der Waals surface area contributed by atoms with Gasteiger partial charge in [-0.05, 0) is 24.3 Å². The highest BCUT2D eigenvalue weighted by Crippen LogP contribution is 2.44. The van der Waals surface area contributed by atoms with Gasteiger partial charge in [-0.25, -0.2) is 9.18 Å². The summed E-state index contributed by atoms with van der Waals surface area (Å²) in [7, 11) is 0. The first kappa shape index (κ1) is 15.9. The SMILES string of the molecule is CC1(c2ccc(Cl)cc2F)Oc2ccccc2C(n2cc[nH]c2=O)O1. The molecule has 2 atom stereocenters. The molecule has 128 valence electrons. The lowest BCUT2D eigenvalue weighted by molar-refractivity contribution is -0.236. The second-order valence-electron chi connectivity index (χ2n) is 5.85. The van der Waals surface area contributed by atoms with Crippen LogP contribution in [0.15, 0.2) is 59.7 Å². The molecular weight excluding hydrogens is 347 g/mol. The number of aromatic nitrogens is 2. The number of hydrogen-bond donors (Lipinski definition) is 1. The Hall–Kier alpha value is -2.57. The average Bonchev–Trinajstić information content (AvgIpc) is 2.99. The van der Waals surface area contributed by atoms with Crippen molar-refractivity contribution in [1.29, 1.82) is 0 Å². The Bertz CT molecular complexity index is 1000. The van der Waals surface area contributed by atoms with E-state index >= 15 is 0 Å². The minimum Gasteiger partial charge on any atom is -0.458 e. The largest absolute Gasteiger partial charge is 0.458 e. The maximum atomic E-state index is 14.5. The van der Waals surface area contributed by atoms with Crippen molar-refractivity contribution in [2.24, 2.45) is 0 Å². The van der Waals surface area contributed by atoms with Crippen LogP contribution in [0.2, 0.25) is 5.02 Å². The van der Waals surface area contributed by atoms with E-state index in [9.17, 15) is 9.18 Å². The van der Waals surface area contributed by atoms with Gasteiger partial charge >= 0.3 is 5.69 Å². The van der Waals surface area contributed by atoms with Crippen molar-refractivity contribution in [3.8, 4) is 5.75 Å². The summed E-state index contributed by atoms with van der Waals surface area (Å²) < 4.78 is 27.9. The summed E-state index contributed by atoms with van der Waals surface area (Å²) in [5, 5.41) is 0.277. The Balaban J connectivity index is 1.87. The fraction of sp³-hybridized carbons (Fsp3) is 0.167. The minimum absolute atomic E-state index is 0.194. The van der Waals surface area contributed by atoms with Gasteiger partial charge in [0, 0.05) is 29.9 Å². The van der Waals surface area contributed by atoms with E-state index in [1.807, 2.05) is 6.07 Å². The number of aromatic amines is 1. The molecule has 7 heteroatoms. The van der Waals surface area contributed by atoms with Gasteiger partial charge in [0.1, 0.15) is 11.6 Å². The maximum Gasteiger partial charge on any atom is 0.327 e. The number of H-pyrrole nitrogens is 1. The summed E-state index contributed by atoms with van der Waals surface area (Å²) in [6.45, 7) is 1.61. The zero-order chi connectivity index (χ0) is 17.6. The van der Waals surface area contributed by atoms with Crippen molar-refractivity contribution in [2.45, 2.75) is 18.9 Å². The molecule has 0 saturated carbocycles. The van der Waals surface area contributed by atoms with E-state index in [2.05, 4.69) is 4.98 Å². The van der Waals surface area contributed by atoms with Gasteiger partial charge in [-0.3, -0.25) is 4.57 Å². The van der Waals surface area contributed by atoms with E-state index in [0.717, 1.165) is 0 Å². The van der Waals surface area contributed by atoms with Crippen LogP contribution in [0, 0.1) is 5.82 Å². The van der Waals surface area contributed by atoms with Crippen LogP contribution in [0.4, 0.5) is 4.39 Å². The van der Waals surface area contributed by atoms with Gasteiger partial charge in [0.05, 0.1) is 5.56 Å². The fourth-order valence-electron chi connectivity index (χ4n) is 2.99. The molecule has 2 heterocycles. The van der Waals surface area contributed by atoms with Gasteiger partial charge in [0.2, 0.25) is 5.79 Å². The predicted molar refractivity (Wildman–Crippen MR) is 90.1 cm³/mol. The number of para-hydroxylation sites is 1. The number of imidazole rings is 1. The average molecular weight is 361 g/mol. The molecule has 2 aromatic carbocycles. The first-order chi connectivity index (χ1) is 12.0.